The van der Waals surface area contributed by atoms with Crippen LogP contribution in [0.3, 0.4) is 0 Å². The van der Waals surface area contributed by atoms with Crippen LogP contribution < -0.4 is 5.32 Å². The number of anilines is 1. The maximum Gasteiger partial charge on any atom is 0.231 e. The summed E-state index contributed by atoms with van der Waals surface area (Å²) < 4.78 is 0. The molecule has 4 heteroatoms. The van der Waals surface area contributed by atoms with E-state index in [1.807, 2.05) is 91.9 Å². The lowest BCUT2D eigenvalue weighted by Gasteiger charge is -2.15. The van der Waals surface area contributed by atoms with Crippen molar-refractivity contribution >= 4 is 23.0 Å². The number of hydrogen-bond acceptors (Lipinski definition) is 3. The molecule has 0 aliphatic heterocycles. The fraction of sp³-hybridized carbons (Fsp3) is 0.136. The first-order chi connectivity index (χ1) is 12.8. The SMILES string of the molecule is CC[C@H](C(=O)Nc1ccc(N=Nc2ccccc2)cc1)c1ccccc1. The highest BCUT2D eigenvalue weighted by atomic mass is 16.1. The molecule has 3 aromatic carbocycles. The molecule has 1 N–H and O–H groups in total. The fourth-order valence-corrected chi connectivity index (χ4v) is 2.71. The second-order valence-corrected chi connectivity index (χ2v) is 5.94. The van der Waals surface area contributed by atoms with E-state index in [1.54, 1.807) is 0 Å². The number of hydrogen-bond donors (Lipinski definition) is 1. The van der Waals surface area contributed by atoms with Crippen LogP contribution in [-0.4, -0.2) is 5.91 Å². The average molecular weight is 343 g/mol. The molecule has 3 rings (SSSR count). The standard InChI is InChI=1S/C22H21N3O/c1-2-21(17-9-5-3-6-10-17)22(26)23-18-13-15-20(16-14-18)25-24-19-11-7-4-8-12-19/h3-16,21H,2H2,1H3,(H,23,26)/t21-/m0/s1. The molecule has 0 spiro atoms. The molecular weight excluding hydrogens is 322 g/mol. The Morgan fingerprint density at radius 3 is 1.92 bits per heavy atom. The zero-order valence-corrected chi connectivity index (χ0v) is 14.7. The highest BCUT2D eigenvalue weighted by Crippen LogP contribution is 2.23. The van der Waals surface area contributed by atoms with E-state index in [2.05, 4.69) is 15.5 Å². The van der Waals surface area contributed by atoms with E-state index in [9.17, 15) is 4.79 Å². The molecule has 0 aliphatic rings. The van der Waals surface area contributed by atoms with Crippen LogP contribution in [0.1, 0.15) is 24.8 Å². The summed E-state index contributed by atoms with van der Waals surface area (Å²) in [6.07, 6.45) is 0.749. The Labute approximate surface area is 153 Å². The minimum absolute atomic E-state index is 0.00244. The third-order valence-corrected chi connectivity index (χ3v) is 4.10. The second kappa shape index (κ2) is 8.72. The van der Waals surface area contributed by atoms with Gasteiger partial charge in [0.1, 0.15) is 0 Å². The molecule has 0 saturated heterocycles. The largest absolute Gasteiger partial charge is 0.326 e. The molecule has 0 heterocycles. The summed E-state index contributed by atoms with van der Waals surface area (Å²) in [5.41, 5.74) is 3.32. The summed E-state index contributed by atoms with van der Waals surface area (Å²) in [6.45, 7) is 2.02. The Morgan fingerprint density at radius 1 is 0.808 bits per heavy atom. The van der Waals surface area contributed by atoms with E-state index in [0.29, 0.717) is 0 Å². The van der Waals surface area contributed by atoms with Gasteiger partial charge in [-0.05, 0) is 48.4 Å². The van der Waals surface area contributed by atoms with Gasteiger partial charge in [0.05, 0.1) is 17.3 Å². The third kappa shape index (κ3) is 4.63. The molecule has 1 atom stereocenters. The predicted octanol–water partition coefficient (Wildman–Crippen LogP) is 6.23. The first kappa shape index (κ1) is 17.5. The van der Waals surface area contributed by atoms with E-state index in [-0.39, 0.29) is 11.8 Å². The molecule has 0 radical (unpaired) electrons. The van der Waals surface area contributed by atoms with Crippen molar-refractivity contribution in [1.29, 1.82) is 0 Å². The number of nitrogens with one attached hydrogen (secondary N) is 1. The van der Waals surface area contributed by atoms with Gasteiger partial charge in [0.15, 0.2) is 0 Å². The van der Waals surface area contributed by atoms with Gasteiger partial charge in [0, 0.05) is 5.69 Å². The molecule has 3 aromatic rings. The van der Waals surface area contributed by atoms with E-state index in [1.165, 1.54) is 0 Å². The van der Waals surface area contributed by atoms with Crippen molar-refractivity contribution in [3.05, 3.63) is 90.5 Å². The molecule has 1 amide bonds. The van der Waals surface area contributed by atoms with Gasteiger partial charge < -0.3 is 5.32 Å². The summed E-state index contributed by atoms with van der Waals surface area (Å²) in [7, 11) is 0. The lowest BCUT2D eigenvalue weighted by molar-refractivity contribution is -0.117. The number of nitrogens with zero attached hydrogens (tertiary/aromatic N) is 2. The van der Waals surface area contributed by atoms with Crippen LogP contribution in [0.2, 0.25) is 0 Å². The molecule has 0 saturated carbocycles. The Balaban J connectivity index is 1.65. The third-order valence-electron chi connectivity index (χ3n) is 4.10. The van der Waals surface area contributed by atoms with E-state index >= 15 is 0 Å². The van der Waals surface area contributed by atoms with Crippen LogP contribution >= 0.6 is 0 Å². The number of benzene rings is 3. The van der Waals surface area contributed by atoms with Crippen LogP contribution in [0.5, 0.6) is 0 Å². The van der Waals surface area contributed by atoms with Gasteiger partial charge >= 0.3 is 0 Å². The molecule has 0 unspecified atom stereocenters. The van der Waals surface area contributed by atoms with Crippen LogP contribution in [0.4, 0.5) is 17.1 Å². The number of rotatable bonds is 6. The molecule has 26 heavy (non-hydrogen) atoms. The van der Waals surface area contributed by atoms with Crippen LogP contribution in [-0.2, 0) is 4.79 Å². The number of carbonyl (C=O) groups is 1. The van der Waals surface area contributed by atoms with Gasteiger partial charge in [-0.15, -0.1) is 0 Å². The Bertz CT molecular complexity index is 859. The molecule has 130 valence electrons. The monoisotopic (exact) mass is 343 g/mol. The van der Waals surface area contributed by atoms with Gasteiger partial charge in [-0.3, -0.25) is 4.79 Å². The minimum atomic E-state index is -0.159. The highest BCUT2D eigenvalue weighted by molar-refractivity contribution is 5.95. The summed E-state index contributed by atoms with van der Waals surface area (Å²) in [5, 5.41) is 11.4. The minimum Gasteiger partial charge on any atom is -0.326 e. The van der Waals surface area contributed by atoms with Gasteiger partial charge in [0.2, 0.25) is 5.91 Å². The van der Waals surface area contributed by atoms with Gasteiger partial charge in [-0.1, -0.05) is 55.5 Å². The molecular formula is C22H21N3O. The lowest BCUT2D eigenvalue weighted by Crippen LogP contribution is -2.20. The highest BCUT2D eigenvalue weighted by Gasteiger charge is 2.18. The van der Waals surface area contributed by atoms with E-state index in [4.69, 9.17) is 0 Å². The fourth-order valence-electron chi connectivity index (χ4n) is 2.71. The smallest absolute Gasteiger partial charge is 0.231 e. The van der Waals surface area contributed by atoms with Crippen molar-refractivity contribution in [3.8, 4) is 0 Å². The van der Waals surface area contributed by atoms with Crippen molar-refractivity contribution in [3.63, 3.8) is 0 Å². The zero-order chi connectivity index (χ0) is 18.2. The molecule has 0 aliphatic carbocycles. The van der Waals surface area contributed by atoms with Crippen molar-refractivity contribution in [2.24, 2.45) is 10.2 Å². The van der Waals surface area contributed by atoms with Crippen molar-refractivity contribution in [1.82, 2.24) is 0 Å². The molecule has 0 aromatic heterocycles. The Morgan fingerprint density at radius 2 is 1.35 bits per heavy atom. The zero-order valence-electron chi connectivity index (χ0n) is 14.7. The normalized spacial score (nSPS) is 12.0. The number of azo groups is 1. The molecule has 0 fully saturated rings. The first-order valence-electron chi connectivity index (χ1n) is 8.69. The maximum absolute atomic E-state index is 12.6. The van der Waals surface area contributed by atoms with Crippen LogP contribution in [0, 0.1) is 0 Å². The van der Waals surface area contributed by atoms with E-state index < -0.39 is 0 Å². The topological polar surface area (TPSA) is 53.8 Å². The summed E-state index contributed by atoms with van der Waals surface area (Å²) in [5.74, 6) is -0.161. The summed E-state index contributed by atoms with van der Waals surface area (Å²) >= 11 is 0. The summed E-state index contributed by atoms with van der Waals surface area (Å²) in [6, 6.07) is 26.8. The number of amides is 1. The van der Waals surface area contributed by atoms with Gasteiger partial charge in [-0.25, -0.2) is 0 Å². The summed E-state index contributed by atoms with van der Waals surface area (Å²) in [4.78, 5) is 12.6. The average Bonchev–Trinajstić information content (AvgIpc) is 2.70. The van der Waals surface area contributed by atoms with E-state index in [0.717, 1.165) is 29.0 Å². The first-order valence-corrected chi connectivity index (χ1v) is 8.69. The lowest BCUT2D eigenvalue weighted by atomic mass is 9.95. The molecule has 4 nitrogen and oxygen atoms in total. The predicted molar refractivity (Wildman–Crippen MR) is 105 cm³/mol. The Hall–Kier alpha value is -3.27. The maximum atomic E-state index is 12.6. The van der Waals surface area contributed by atoms with Crippen LogP contribution in [0.15, 0.2) is 95.2 Å². The second-order valence-electron chi connectivity index (χ2n) is 5.94. The quantitative estimate of drug-likeness (QED) is 0.530. The Kier molecular flexibility index (Phi) is 5.88. The van der Waals surface area contributed by atoms with Gasteiger partial charge in [0.25, 0.3) is 0 Å². The van der Waals surface area contributed by atoms with Crippen molar-refractivity contribution < 1.29 is 4.79 Å². The van der Waals surface area contributed by atoms with Gasteiger partial charge in [-0.2, -0.15) is 10.2 Å². The molecule has 0 bridgehead atoms. The van der Waals surface area contributed by atoms with Crippen LogP contribution in [0.25, 0.3) is 0 Å². The van der Waals surface area contributed by atoms with Crippen molar-refractivity contribution in [2.75, 3.05) is 5.32 Å². The van der Waals surface area contributed by atoms with Crippen molar-refractivity contribution in [2.45, 2.75) is 19.3 Å². The number of carbonyl (C=O) groups excluding carboxylic acids is 1.